The maximum Gasteiger partial charge on any atom is 0.165 e. The van der Waals surface area contributed by atoms with E-state index in [0.717, 1.165) is 34.8 Å². The molecule has 0 aromatic heterocycles. The second-order valence-corrected chi connectivity index (χ2v) is 6.48. The Bertz CT molecular complexity index is 748. The number of nitrogens with one attached hydrogen (secondary N) is 1. The van der Waals surface area contributed by atoms with Crippen molar-refractivity contribution in [3.63, 3.8) is 0 Å². The molecule has 4 rings (SSSR count). The fourth-order valence-corrected chi connectivity index (χ4v) is 3.52. The standard InChI is InChI=1S/C20H23NO4/c22-14-20(9-12-24-17-7-2-1-6-16(17)20)21-13-15-5-3-8-18-19(15)25-11-4-10-23-18/h1-3,5-8,21-22H,4,9-14H2. The molecule has 1 atom stereocenters. The van der Waals surface area contributed by atoms with Crippen LogP contribution in [-0.4, -0.2) is 31.5 Å². The first-order valence-corrected chi connectivity index (χ1v) is 8.78. The fraction of sp³-hybridized carbons (Fsp3) is 0.400. The van der Waals surface area contributed by atoms with E-state index >= 15 is 0 Å². The Morgan fingerprint density at radius 1 is 0.920 bits per heavy atom. The van der Waals surface area contributed by atoms with Gasteiger partial charge in [0.2, 0.25) is 0 Å². The number of aliphatic hydroxyl groups is 1. The second-order valence-electron chi connectivity index (χ2n) is 6.48. The molecular weight excluding hydrogens is 318 g/mol. The quantitative estimate of drug-likeness (QED) is 0.895. The first-order valence-electron chi connectivity index (χ1n) is 8.78. The molecule has 0 saturated carbocycles. The first-order chi connectivity index (χ1) is 12.3. The van der Waals surface area contributed by atoms with Crippen LogP contribution < -0.4 is 19.5 Å². The third-order valence-corrected chi connectivity index (χ3v) is 4.93. The summed E-state index contributed by atoms with van der Waals surface area (Å²) >= 11 is 0. The van der Waals surface area contributed by atoms with Crippen LogP contribution in [0, 0.1) is 0 Å². The van der Waals surface area contributed by atoms with E-state index in [1.165, 1.54) is 0 Å². The molecule has 132 valence electrons. The molecule has 0 fully saturated rings. The van der Waals surface area contributed by atoms with Crippen LogP contribution in [0.3, 0.4) is 0 Å². The molecule has 2 aliphatic rings. The molecule has 0 radical (unpaired) electrons. The number of para-hydroxylation sites is 2. The van der Waals surface area contributed by atoms with Crippen molar-refractivity contribution in [1.82, 2.24) is 5.32 Å². The number of benzene rings is 2. The van der Waals surface area contributed by atoms with E-state index < -0.39 is 5.54 Å². The molecule has 1 unspecified atom stereocenters. The largest absolute Gasteiger partial charge is 0.493 e. The molecule has 0 spiro atoms. The molecule has 25 heavy (non-hydrogen) atoms. The Labute approximate surface area is 147 Å². The lowest BCUT2D eigenvalue weighted by atomic mass is 9.85. The molecule has 2 heterocycles. The normalized spacial score (nSPS) is 21.8. The molecule has 2 aliphatic heterocycles. The second kappa shape index (κ2) is 6.94. The van der Waals surface area contributed by atoms with Crippen molar-refractivity contribution in [3.05, 3.63) is 53.6 Å². The lowest BCUT2D eigenvalue weighted by Gasteiger charge is -2.38. The maximum atomic E-state index is 10.2. The van der Waals surface area contributed by atoms with Crippen molar-refractivity contribution in [2.75, 3.05) is 26.4 Å². The van der Waals surface area contributed by atoms with Crippen LogP contribution in [-0.2, 0) is 12.1 Å². The number of ether oxygens (including phenoxy) is 3. The predicted octanol–water partition coefficient (Wildman–Crippen LogP) is 2.61. The third kappa shape index (κ3) is 3.05. The summed E-state index contributed by atoms with van der Waals surface area (Å²) < 4.78 is 17.4. The van der Waals surface area contributed by atoms with Gasteiger partial charge in [0.1, 0.15) is 5.75 Å². The Hall–Kier alpha value is -2.24. The fourth-order valence-electron chi connectivity index (χ4n) is 3.52. The summed E-state index contributed by atoms with van der Waals surface area (Å²) in [7, 11) is 0. The summed E-state index contributed by atoms with van der Waals surface area (Å²) in [4.78, 5) is 0. The van der Waals surface area contributed by atoms with Gasteiger partial charge in [0.05, 0.1) is 32.0 Å². The van der Waals surface area contributed by atoms with Crippen molar-refractivity contribution < 1.29 is 19.3 Å². The van der Waals surface area contributed by atoms with Crippen LogP contribution in [0.1, 0.15) is 24.0 Å². The van der Waals surface area contributed by atoms with Crippen molar-refractivity contribution in [2.45, 2.75) is 24.9 Å². The highest BCUT2D eigenvalue weighted by molar-refractivity contribution is 5.47. The van der Waals surface area contributed by atoms with Gasteiger partial charge in [-0.15, -0.1) is 0 Å². The summed E-state index contributed by atoms with van der Waals surface area (Å²) in [6.07, 6.45) is 1.60. The molecule has 0 aliphatic carbocycles. The minimum atomic E-state index is -0.511. The average Bonchev–Trinajstić information content (AvgIpc) is 2.92. The highest BCUT2D eigenvalue weighted by atomic mass is 16.5. The van der Waals surface area contributed by atoms with Gasteiger partial charge in [-0.1, -0.05) is 30.3 Å². The van der Waals surface area contributed by atoms with Crippen molar-refractivity contribution >= 4 is 0 Å². The maximum absolute atomic E-state index is 10.2. The minimum absolute atomic E-state index is 0.0136. The SMILES string of the molecule is OCC1(NCc2cccc3c2OCCCO3)CCOc2ccccc21. The zero-order chi connectivity index (χ0) is 17.1. The van der Waals surface area contributed by atoms with Crippen LogP contribution in [0.4, 0.5) is 0 Å². The number of fused-ring (bicyclic) bond motifs is 2. The van der Waals surface area contributed by atoms with Crippen LogP contribution in [0.25, 0.3) is 0 Å². The van der Waals surface area contributed by atoms with E-state index in [9.17, 15) is 5.11 Å². The van der Waals surface area contributed by atoms with Crippen LogP contribution >= 0.6 is 0 Å². The average molecular weight is 341 g/mol. The first kappa shape index (κ1) is 16.2. The molecular formula is C20H23NO4. The molecule has 0 amide bonds. The van der Waals surface area contributed by atoms with Gasteiger partial charge >= 0.3 is 0 Å². The minimum Gasteiger partial charge on any atom is -0.493 e. The van der Waals surface area contributed by atoms with Gasteiger partial charge in [-0.2, -0.15) is 0 Å². The molecule has 0 saturated heterocycles. The molecule has 0 bridgehead atoms. The van der Waals surface area contributed by atoms with Crippen molar-refractivity contribution in [2.24, 2.45) is 0 Å². The topological polar surface area (TPSA) is 60.0 Å². The van der Waals surface area contributed by atoms with E-state index in [2.05, 4.69) is 5.32 Å². The summed E-state index contributed by atoms with van der Waals surface area (Å²) in [5, 5.41) is 13.7. The number of hydrogen-bond acceptors (Lipinski definition) is 5. The van der Waals surface area contributed by atoms with Gasteiger partial charge in [-0.3, -0.25) is 0 Å². The zero-order valence-corrected chi connectivity index (χ0v) is 14.2. The molecule has 2 aromatic carbocycles. The number of hydrogen-bond donors (Lipinski definition) is 2. The lowest BCUT2D eigenvalue weighted by Crippen LogP contribution is -2.48. The molecule has 5 heteroatoms. The van der Waals surface area contributed by atoms with Gasteiger partial charge in [0.25, 0.3) is 0 Å². The molecule has 2 aromatic rings. The van der Waals surface area contributed by atoms with E-state index in [1.807, 2.05) is 42.5 Å². The van der Waals surface area contributed by atoms with Crippen LogP contribution in [0.2, 0.25) is 0 Å². The van der Waals surface area contributed by atoms with E-state index in [0.29, 0.717) is 32.8 Å². The molecule has 2 N–H and O–H groups in total. The summed E-state index contributed by atoms with van der Waals surface area (Å²) in [6, 6.07) is 13.9. The van der Waals surface area contributed by atoms with Crippen molar-refractivity contribution in [3.8, 4) is 17.2 Å². The zero-order valence-electron chi connectivity index (χ0n) is 14.2. The Kier molecular flexibility index (Phi) is 4.51. The van der Waals surface area contributed by atoms with Gasteiger partial charge in [-0.25, -0.2) is 0 Å². The highest BCUT2D eigenvalue weighted by Gasteiger charge is 2.37. The van der Waals surface area contributed by atoms with Gasteiger partial charge in [-0.05, 0) is 12.1 Å². The van der Waals surface area contributed by atoms with Crippen molar-refractivity contribution in [1.29, 1.82) is 0 Å². The Balaban J connectivity index is 1.61. The van der Waals surface area contributed by atoms with E-state index in [1.54, 1.807) is 0 Å². The predicted molar refractivity (Wildman–Crippen MR) is 94.2 cm³/mol. The lowest BCUT2D eigenvalue weighted by molar-refractivity contribution is 0.105. The van der Waals surface area contributed by atoms with Gasteiger partial charge in [0, 0.05) is 30.5 Å². The highest BCUT2D eigenvalue weighted by Crippen LogP contribution is 2.38. The summed E-state index contributed by atoms with van der Waals surface area (Å²) in [6.45, 7) is 2.51. The van der Waals surface area contributed by atoms with Crippen LogP contribution in [0.5, 0.6) is 17.2 Å². The Morgan fingerprint density at radius 2 is 1.72 bits per heavy atom. The Morgan fingerprint density at radius 3 is 2.64 bits per heavy atom. The van der Waals surface area contributed by atoms with E-state index in [-0.39, 0.29) is 6.61 Å². The number of aliphatic hydroxyl groups excluding tert-OH is 1. The van der Waals surface area contributed by atoms with Gasteiger partial charge < -0.3 is 24.6 Å². The molecule has 5 nitrogen and oxygen atoms in total. The van der Waals surface area contributed by atoms with Crippen LogP contribution in [0.15, 0.2) is 42.5 Å². The summed E-state index contributed by atoms with van der Waals surface area (Å²) in [5.74, 6) is 2.44. The third-order valence-electron chi connectivity index (χ3n) is 4.93. The summed E-state index contributed by atoms with van der Waals surface area (Å²) in [5.41, 5.74) is 1.53. The number of rotatable bonds is 4. The van der Waals surface area contributed by atoms with Gasteiger partial charge in [0.15, 0.2) is 11.5 Å². The monoisotopic (exact) mass is 341 g/mol. The van der Waals surface area contributed by atoms with E-state index in [4.69, 9.17) is 14.2 Å². The smallest absolute Gasteiger partial charge is 0.165 e.